The van der Waals surface area contributed by atoms with Gasteiger partial charge >= 0.3 is 0 Å². The fourth-order valence-corrected chi connectivity index (χ4v) is 2.24. The molecular formula is C17H14N2O3. The number of phenolic OH excluding ortho intramolecular Hbond substituents is 3. The molecule has 5 heteroatoms. The Balaban J connectivity index is 2.00. The highest BCUT2D eigenvalue weighted by molar-refractivity contribution is 5.81. The Labute approximate surface area is 126 Å². The third kappa shape index (κ3) is 2.93. The molecule has 0 unspecified atom stereocenters. The van der Waals surface area contributed by atoms with Gasteiger partial charge in [-0.1, -0.05) is 18.2 Å². The highest BCUT2D eigenvalue weighted by Gasteiger charge is 2.05. The van der Waals surface area contributed by atoms with Crippen LogP contribution >= 0.6 is 0 Å². The van der Waals surface area contributed by atoms with E-state index in [2.05, 4.69) is 10.2 Å². The SMILES string of the molecule is Oc1cc(O)cc(/C=C/c2ccc(O)cc2-c2cn[nH]c2)c1. The van der Waals surface area contributed by atoms with Gasteiger partial charge in [0, 0.05) is 17.8 Å². The van der Waals surface area contributed by atoms with E-state index in [1.54, 1.807) is 48.8 Å². The summed E-state index contributed by atoms with van der Waals surface area (Å²) in [5, 5.41) is 35.3. The molecule has 0 atom stereocenters. The third-order valence-corrected chi connectivity index (χ3v) is 3.23. The van der Waals surface area contributed by atoms with Crippen LogP contribution in [0, 0.1) is 0 Å². The lowest BCUT2D eigenvalue weighted by molar-refractivity contribution is 0.450. The highest BCUT2D eigenvalue weighted by atomic mass is 16.3. The highest BCUT2D eigenvalue weighted by Crippen LogP contribution is 2.29. The van der Waals surface area contributed by atoms with Crippen molar-refractivity contribution in [3.05, 3.63) is 59.9 Å². The van der Waals surface area contributed by atoms with Crippen molar-refractivity contribution in [1.29, 1.82) is 0 Å². The summed E-state index contributed by atoms with van der Waals surface area (Å²) in [6.45, 7) is 0. The molecule has 3 rings (SSSR count). The van der Waals surface area contributed by atoms with Crippen LogP contribution in [0.1, 0.15) is 11.1 Å². The number of benzene rings is 2. The summed E-state index contributed by atoms with van der Waals surface area (Å²) in [6, 6.07) is 9.42. The van der Waals surface area contributed by atoms with Crippen LogP contribution in [0.2, 0.25) is 0 Å². The molecule has 0 aliphatic carbocycles. The second-order valence-corrected chi connectivity index (χ2v) is 4.87. The molecule has 0 amide bonds. The Kier molecular flexibility index (Phi) is 3.53. The van der Waals surface area contributed by atoms with Gasteiger partial charge in [-0.3, -0.25) is 5.10 Å². The summed E-state index contributed by atoms with van der Waals surface area (Å²) in [5.41, 5.74) is 3.23. The maximum absolute atomic E-state index is 9.67. The molecule has 1 heterocycles. The number of rotatable bonds is 3. The van der Waals surface area contributed by atoms with E-state index >= 15 is 0 Å². The average Bonchev–Trinajstić information content (AvgIpc) is 2.99. The molecule has 3 aromatic rings. The van der Waals surface area contributed by atoms with Crippen LogP contribution in [0.5, 0.6) is 17.2 Å². The van der Waals surface area contributed by atoms with Crippen molar-refractivity contribution in [3.63, 3.8) is 0 Å². The van der Waals surface area contributed by atoms with Crippen molar-refractivity contribution >= 4 is 12.2 Å². The maximum atomic E-state index is 9.67. The number of aromatic amines is 1. The van der Waals surface area contributed by atoms with Crippen LogP contribution < -0.4 is 0 Å². The van der Waals surface area contributed by atoms with Crippen LogP contribution in [0.4, 0.5) is 0 Å². The van der Waals surface area contributed by atoms with Gasteiger partial charge in [-0.15, -0.1) is 0 Å². The lowest BCUT2D eigenvalue weighted by Crippen LogP contribution is -1.82. The van der Waals surface area contributed by atoms with Gasteiger partial charge in [0.15, 0.2) is 0 Å². The number of aromatic nitrogens is 2. The Morgan fingerprint density at radius 2 is 1.64 bits per heavy atom. The minimum Gasteiger partial charge on any atom is -0.508 e. The van der Waals surface area contributed by atoms with Gasteiger partial charge in [0.25, 0.3) is 0 Å². The van der Waals surface area contributed by atoms with Crippen LogP contribution in [-0.2, 0) is 0 Å². The molecule has 0 bridgehead atoms. The lowest BCUT2D eigenvalue weighted by atomic mass is 10.0. The van der Waals surface area contributed by atoms with Crippen molar-refractivity contribution in [2.45, 2.75) is 0 Å². The van der Waals surface area contributed by atoms with Gasteiger partial charge in [0.05, 0.1) is 6.20 Å². The summed E-state index contributed by atoms with van der Waals surface area (Å²) in [4.78, 5) is 0. The molecule has 0 saturated heterocycles. The molecule has 4 N–H and O–H groups in total. The summed E-state index contributed by atoms with van der Waals surface area (Å²) >= 11 is 0. The second-order valence-electron chi connectivity index (χ2n) is 4.87. The topological polar surface area (TPSA) is 89.4 Å². The first-order chi connectivity index (χ1) is 10.6. The van der Waals surface area contributed by atoms with Crippen LogP contribution in [0.3, 0.4) is 0 Å². The smallest absolute Gasteiger partial charge is 0.119 e. The normalized spacial score (nSPS) is 11.1. The number of hydrogen-bond donors (Lipinski definition) is 4. The molecule has 110 valence electrons. The number of aromatic hydroxyl groups is 3. The van der Waals surface area contributed by atoms with Crippen molar-refractivity contribution < 1.29 is 15.3 Å². The number of nitrogens with one attached hydrogen (secondary N) is 1. The van der Waals surface area contributed by atoms with Crippen LogP contribution in [0.25, 0.3) is 23.3 Å². The summed E-state index contributed by atoms with van der Waals surface area (Å²) < 4.78 is 0. The fourth-order valence-electron chi connectivity index (χ4n) is 2.24. The molecule has 0 aliphatic heterocycles. The van der Waals surface area contributed by atoms with E-state index < -0.39 is 0 Å². The van der Waals surface area contributed by atoms with Crippen LogP contribution in [-0.4, -0.2) is 25.5 Å². The van der Waals surface area contributed by atoms with E-state index in [4.69, 9.17) is 0 Å². The Bertz CT molecular complexity index is 804. The largest absolute Gasteiger partial charge is 0.508 e. The van der Waals surface area contributed by atoms with E-state index in [-0.39, 0.29) is 17.2 Å². The molecule has 0 fully saturated rings. The zero-order chi connectivity index (χ0) is 15.5. The molecule has 1 aromatic heterocycles. The van der Waals surface area contributed by atoms with E-state index in [9.17, 15) is 15.3 Å². The van der Waals surface area contributed by atoms with Gasteiger partial charge in [0.2, 0.25) is 0 Å². The third-order valence-electron chi connectivity index (χ3n) is 3.23. The van der Waals surface area contributed by atoms with Gasteiger partial charge in [0.1, 0.15) is 17.2 Å². The first-order valence-electron chi connectivity index (χ1n) is 6.65. The Hall–Kier alpha value is -3.21. The fraction of sp³-hybridized carbons (Fsp3) is 0. The molecule has 0 spiro atoms. The summed E-state index contributed by atoms with van der Waals surface area (Å²) in [7, 11) is 0. The van der Waals surface area contributed by atoms with Crippen molar-refractivity contribution in [2.75, 3.05) is 0 Å². The monoisotopic (exact) mass is 294 g/mol. The minimum atomic E-state index is 0.000383. The number of phenols is 3. The van der Waals surface area contributed by atoms with Gasteiger partial charge < -0.3 is 15.3 Å². The first kappa shape index (κ1) is 13.8. The molecule has 5 nitrogen and oxygen atoms in total. The summed E-state index contributed by atoms with van der Waals surface area (Å²) in [6.07, 6.45) is 7.03. The number of hydrogen-bond acceptors (Lipinski definition) is 4. The lowest BCUT2D eigenvalue weighted by Gasteiger charge is -2.05. The quantitative estimate of drug-likeness (QED) is 0.558. The summed E-state index contributed by atoms with van der Waals surface area (Å²) in [5.74, 6) is 0.171. The standard InChI is InChI=1S/C17H14N2O3/c20-14-4-3-12(17(8-14)13-9-18-19-10-13)2-1-11-5-15(21)7-16(22)6-11/h1-10,20-22H,(H,18,19)/b2-1+. The zero-order valence-electron chi connectivity index (χ0n) is 11.6. The van der Waals surface area contributed by atoms with Crippen molar-refractivity contribution in [3.8, 4) is 28.4 Å². The van der Waals surface area contributed by atoms with E-state index in [1.165, 1.54) is 6.07 Å². The second kappa shape index (κ2) is 5.65. The molecule has 2 aromatic carbocycles. The Morgan fingerprint density at radius 1 is 0.864 bits per heavy atom. The maximum Gasteiger partial charge on any atom is 0.119 e. The average molecular weight is 294 g/mol. The van der Waals surface area contributed by atoms with Gasteiger partial charge in [-0.25, -0.2) is 0 Å². The molecule has 22 heavy (non-hydrogen) atoms. The number of nitrogens with zero attached hydrogens (tertiary/aromatic N) is 1. The molecular weight excluding hydrogens is 280 g/mol. The Morgan fingerprint density at radius 3 is 2.32 bits per heavy atom. The molecule has 0 aliphatic rings. The molecule has 0 radical (unpaired) electrons. The van der Waals surface area contributed by atoms with E-state index in [1.807, 2.05) is 6.08 Å². The van der Waals surface area contributed by atoms with Crippen LogP contribution in [0.15, 0.2) is 48.8 Å². The van der Waals surface area contributed by atoms with Crippen molar-refractivity contribution in [2.24, 2.45) is 0 Å². The predicted molar refractivity (Wildman–Crippen MR) is 84.4 cm³/mol. The predicted octanol–water partition coefficient (Wildman–Crippen LogP) is 3.36. The number of H-pyrrole nitrogens is 1. The van der Waals surface area contributed by atoms with E-state index in [0.717, 1.165) is 16.7 Å². The van der Waals surface area contributed by atoms with E-state index in [0.29, 0.717) is 5.56 Å². The zero-order valence-corrected chi connectivity index (χ0v) is 11.6. The minimum absolute atomic E-state index is 0.000383. The van der Waals surface area contributed by atoms with Gasteiger partial charge in [-0.2, -0.15) is 5.10 Å². The first-order valence-corrected chi connectivity index (χ1v) is 6.65. The van der Waals surface area contributed by atoms with Crippen molar-refractivity contribution in [1.82, 2.24) is 10.2 Å². The molecule has 0 saturated carbocycles. The van der Waals surface area contributed by atoms with Gasteiger partial charge in [-0.05, 0) is 41.0 Å².